The fourth-order valence-corrected chi connectivity index (χ4v) is 1.87. The van der Waals surface area contributed by atoms with Crippen molar-refractivity contribution in [3.8, 4) is 0 Å². The van der Waals surface area contributed by atoms with Crippen molar-refractivity contribution in [2.24, 2.45) is 11.7 Å². The van der Waals surface area contributed by atoms with Crippen LogP contribution in [0.1, 0.15) is 46.5 Å². The molecule has 0 aromatic rings. The van der Waals surface area contributed by atoms with E-state index in [1.807, 2.05) is 13.8 Å². The second-order valence-electron chi connectivity index (χ2n) is 4.54. The molecule has 2 saturated heterocycles. The third kappa shape index (κ3) is 9.13. The van der Waals surface area contributed by atoms with Gasteiger partial charge < -0.3 is 16.4 Å². The van der Waals surface area contributed by atoms with Crippen LogP contribution in [0, 0.1) is 5.92 Å². The molecule has 0 spiro atoms. The second-order valence-corrected chi connectivity index (χ2v) is 4.54. The maximum Gasteiger partial charge on any atom is 0.00629 e. The van der Waals surface area contributed by atoms with Crippen molar-refractivity contribution in [2.75, 3.05) is 26.2 Å². The first kappa shape index (κ1) is 15.9. The van der Waals surface area contributed by atoms with E-state index in [0.717, 1.165) is 31.8 Å². The lowest BCUT2D eigenvalue weighted by molar-refractivity contribution is 0.405. The zero-order valence-electron chi connectivity index (χ0n) is 11.4. The highest BCUT2D eigenvalue weighted by atomic mass is 14.9. The molecule has 2 heterocycles. The van der Waals surface area contributed by atoms with Gasteiger partial charge in [0.2, 0.25) is 0 Å². The molecule has 1 atom stereocenters. The van der Waals surface area contributed by atoms with Gasteiger partial charge in [-0.25, -0.2) is 0 Å². The van der Waals surface area contributed by atoms with Gasteiger partial charge in [-0.1, -0.05) is 20.8 Å². The summed E-state index contributed by atoms with van der Waals surface area (Å²) in [5.41, 5.74) is 5.59. The van der Waals surface area contributed by atoms with E-state index in [9.17, 15) is 0 Å². The molecule has 0 aromatic carbocycles. The molecular formula is C13H31N3. The predicted molar refractivity (Wildman–Crippen MR) is 72.7 cm³/mol. The van der Waals surface area contributed by atoms with Gasteiger partial charge in [-0.3, -0.25) is 0 Å². The molecule has 16 heavy (non-hydrogen) atoms. The summed E-state index contributed by atoms with van der Waals surface area (Å²) in [6.45, 7) is 11.0. The fourth-order valence-electron chi connectivity index (χ4n) is 1.87. The monoisotopic (exact) mass is 229 g/mol. The molecule has 0 radical (unpaired) electrons. The number of hydrogen-bond acceptors (Lipinski definition) is 3. The van der Waals surface area contributed by atoms with Gasteiger partial charge in [0.1, 0.15) is 0 Å². The highest BCUT2D eigenvalue weighted by Crippen LogP contribution is 2.06. The summed E-state index contributed by atoms with van der Waals surface area (Å²) in [5, 5.41) is 6.57. The van der Waals surface area contributed by atoms with Crippen LogP contribution in [-0.4, -0.2) is 32.2 Å². The van der Waals surface area contributed by atoms with Crippen molar-refractivity contribution in [3.05, 3.63) is 0 Å². The minimum absolute atomic E-state index is 0.473. The van der Waals surface area contributed by atoms with Crippen LogP contribution in [-0.2, 0) is 0 Å². The smallest absolute Gasteiger partial charge is 0.00629 e. The van der Waals surface area contributed by atoms with E-state index < -0.39 is 0 Å². The largest absolute Gasteiger partial charge is 0.328 e. The van der Waals surface area contributed by atoms with E-state index >= 15 is 0 Å². The Morgan fingerprint density at radius 1 is 0.938 bits per heavy atom. The van der Waals surface area contributed by atoms with Crippen LogP contribution >= 0.6 is 0 Å². The lowest BCUT2D eigenvalue weighted by Crippen LogP contribution is -2.35. The summed E-state index contributed by atoms with van der Waals surface area (Å²) < 4.78 is 0. The molecule has 98 valence electrons. The lowest BCUT2D eigenvalue weighted by atomic mass is 10.0. The Bertz CT molecular complexity index is 111. The summed E-state index contributed by atoms with van der Waals surface area (Å²) in [6.07, 6.45) is 5.11. The molecule has 0 aromatic heterocycles. The first-order chi connectivity index (χ1) is 7.79. The van der Waals surface area contributed by atoms with E-state index in [0.29, 0.717) is 6.04 Å². The number of piperidine rings is 2. The molecule has 2 fully saturated rings. The van der Waals surface area contributed by atoms with E-state index in [1.165, 1.54) is 25.9 Å². The molecule has 2 rings (SSSR count). The molecule has 0 aliphatic carbocycles. The Morgan fingerprint density at radius 2 is 1.56 bits per heavy atom. The molecule has 3 nitrogen and oxygen atoms in total. The van der Waals surface area contributed by atoms with Crippen LogP contribution in [0.5, 0.6) is 0 Å². The molecule has 0 saturated carbocycles. The van der Waals surface area contributed by atoms with Gasteiger partial charge in [0.25, 0.3) is 0 Å². The maximum atomic E-state index is 5.59. The fraction of sp³-hybridized carbons (Fsp3) is 1.00. The number of nitrogens with two attached hydrogens (primary N) is 1. The molecule has 0 bridgehead atoms. The van der Waals surface area contributed by atoms with E-state index in [-0.39, 0.29) is 0 Å². The van der Waals surface area contributed by atoms with Gasteiger partial charge in [-0.15, -0.1) is 0 Å². The summed E-state index contributed by atoms with van der Waals surface area (Å²) in [6, 6.07) is 0.473. The van der Waals surface area contributed by atoms with Crippen LogP contribution < -0.4 is 16.4 Å². The molecule has 4 N–H and O–H groups in total. The van der Waals surface area contributed by atoms with Crippen LogP contribution in [0.25, 0.3) is 0 Å². The van der Waals surface area contributed by atoms with Crippen molar-refractivity contribution in [1.29, 1.82) is 0 Å². The van der Waals surface area contributed by atoms with Gasteiger partial charge in [0.15, 0.2) is 0 Å². The molecule has 2 aliphatic heterocycles. The van der Waals surface area contributed by atoms with Crippen molar-refractivity contribution >= 4 is 0 Å². The Balaban J connectivity index is 0.000000244. The summed E-state index contributed by atoms with van der Waals surface area (Å²) >= 11 is 0. The third-order valence-corrected chi connectivity index (χ3v) is 2.93. The lowest BCUT2D eigenvalue weighted by Gasteiger charge is -2.17. The average Bonchev–Trinajstić information content (AvgIpc) is 2.34. The molecule has 1 unspecified atom stereocenters. The minimum Gasteiger partial charge on any atom is -0.328 e. The predicted octanol–water partition coefficient (Wildman–Crippen LogP) is 1.73. The Hall–Kier alpha value is -0.120. The van der Waals surface area contributed by atoms with Crippen molar-refractivity contribution < 1.29 is 0 Å². The van der Waals surface area contributed by atoms with Gasteiger partial charge >= 0.3 is 0 Å². The Kier molecular flexibility index (Phi) is 11.3. The standard InChI is InChI=1S/C6H13N.C5H12N2.C2H6/c1-6-3-2-4-7-5-6;6-5-1-3-7-4-2-5;1-2/h6-7H,2-5H2,1H3;5,7H,1-4,6H2;1-2H3. The number of rotatable bonds is 0. The van der Waals surface area contributed by atoms with Gasteiger partial charge in [-0.2, -0.15) is 0 Å². The first-order valence-corrected chi connectivity index (χ1v) is 6.96. The molecule has 2 aliphatic rings. The quantitative estimate of drug-likeness (QED) is 0.593. The van der Waals surface area contributed by atoms with Gasteiger partial charge in [0, 0.05) is 6.04 Å². The summed E-state index contributed by atoms with van der Waals surface area (Å²) in [7, 11) is 0. The SMILES string of the molecule is CC.CC1CCCNC1.NC1CCNCC1. The van der Waals surface area contributed by atoms with Crippen LogP contribution in [0.3, 0.4) is 0 Å². The van der Waals surface area contributed by atoms with Crippen molar-refractivity contribution in [2.45, 2.75) is 52.5 Å². The number of nitrogens with one attached hydrogen (secondary N) is 2. The van der Waals surface area contributed by atoms with Gasteiger partial charge in [0.05, 0.1) is 0 Å². The first-order valence-electron chi connectivity index (χ1n) is 6.96. The normalized spacial score (nSPS) is 25.9. The van der Waals surface area contributed by atoms with Gasteiger partial charge in [-0.05, 0) is 57.8 Å². The van der Waals surface area contributed by atoms with E-state index in [1.54, 1.807) is 0 Å². The average molecular weight is 229 g/mol. The highest BCUT2D eigenvalue weighted by Gasteiger charge is 2.05. The molecular weight excluding hydrogens is 198 g/mol. The Labute approximate surface area is 102 Å². The zero-order valence-corrected chi connectivity index (χ0v) is 11.4. The topological polar surface area (TPSA) is 50.1 Å². The molecule has 3 heteroatoms. The minimum atomic E-state index is 0.473. The third-order valence-electron chi connectivity index (χ3n) is 2.93. The number of hydrogen-bond donors (Lipinski definition) is 3. The second kappa shape index (κ2) is 11.4. The Morgan fingerprint density at radius 3 is 1.81 bits per heavy atom. The summed E-state index contributed by atoms with van der Waals surface area (Å²) in [4.78, 5) is 0. The summed E-state index contributed by atoms with van der Waals surface area (Å²) in [5.74, 6) is 0.925. The van der Waals surface area contributed by atoms with E-state index in [2.05, 4.69) is 17.6 Å². The van der Waals surface area contributed by atoms with Crippen LogP contribution in [0.2, 0.25) is 0 Å². The zero-order chi connectivity index (χ0) is 12.2. The van der Waals surface area contributed by atoms with Crippen LogP contribution in [0.15, 0.2) is 0 Å². The van der Waals surface area contributed by atoms with E-state index in [4.69, 9.17) is 5.73 Å². The maximum absolute atomic E-state index is 5.59. The van der Waals surface area contributed by atoms with Crippen molar-refractivity contribution in [3.63, 3.8) is 0 Å². The van der Waals surface area contributed by atoms with Crippen molar-refractivity contribution in [1.82, 2.24) is 10.6 Å². The highest BCUT2D eigenvalue weighted by molar-refractivity contribution is 4.69. The molecule has 0 amide bonds. The van der Waals surface area contributed by atoms with Crippen LogP contribution in [0.4, 0.5) is 0 Å².